The third-order valence-corrected chi connectivity index (χ3v) is 4.33. The summed E-state index contributed by atoms with van der Waals surface area (Å²) in [6, 6.07) is 13.4. The molecule has 1 atom stereocenters. The zero-order valence-corrected chi connectivity index (χ0v) is 13.2. The Hall–Kier alpha value is -1.16. The van der Waals surface area contributed by atoms with Gasteiger partial charge in [0.2, 0.25) is 0 Å². The average molecular weight is 289 g/mol. The number of hydrogen-bond acceptors (Lipinski definition) is 3. The van der Waals surface area contributed by atoms with E-state index in [1.165, 1.54) is 16.0 Å². The van der Waals surface area contributed by atoms with Crippen molar-refractivity contribution in [1.82, 2.24) is 5.32 Å². The van der Waals surface area contributed by atoms with Crippen LogP contribution in [-0.2, 0) is 17.9 Å². The van der Waals surface area contributed by atoms with Crippen LogP contribution in [0.25, 0.3) is 0 Å². The maximum absolute atomic E-state index is 5.13. The molecule has 20 heavy (non-hydrogen) atoms. The van der Waals surface area contributed by atoms with Crippen LogP contribution in [0.2, 0.25) is 0 Å². The minimum atomic E-state index is 0.425. The van der Waals surface area contributed by atoms with Gasteiger partial charge in [0, 0.05) is 24.6 Å². The van der Waals surface area contributed by atoms with Crippen LogP contribution in [0, 0.1) is 5.92 Å². The zero-order valence-electron chi connectivity index (χ0n) is 12.4. The number of thiophene rings is 1. The van der Waals surface area contributed by atoms with Crippen molar-refractivity contribution in [3.63, 3.8) is 0 Å². The van der Waals surface area contributed by atoms with Crippen molar-refractivity contribution in [3.05, 3.63) is 57.8 Å². The molecule has 0 aliphatic rings. The lowest BCUT2D eigenvalue weighted by Gasteiger charge is -2.21. The first-order chi connectivity index (χ1) is 9.70. The lowest BCUT2D eigenvalue weighted by atomic mass is 10.0. The summed E-state index contributed by atoms with van der Waals surface area (Å²) in [7, 11) is 1.73. The molecular formula is C17H23NOS. The average Bonchev–Trinajstić information content (AvgIpc) is 2.95. The van der Waals surface area contributed by atoms with Gasteiger partial charge in [0.1, 0.15) is 0 Å². The Kier molecular flexibility index (Phi) is 5.77. The fourth-order valence-corrected chi connectivity index (χ4v) is 3.25. The molecule has 0 aliphatic carbocycles. The van der Waals surface area contributed by atoms with Crippen molar-refractivity contribution in [2.75, 3.05) is 7.11 Å². The largest absolute Gasteiger partial charge is 0.380 e. The number of nitrogens with one attached hydrogen (secondary N) is 1. The molecule has 1 unspecified atom stereocenters. The Morgan fingerprint density at radius 3 is 2.35 bits per heavy atom. The summed E-state index contributed by atoms with van der Waals surface area (Å²) in [5, 5.41) is 5.81. The van der Waals surface area contributed by atoms with Gasteiger partial charge in [-0.1, -0.05) is 44.2 Å². The summed E-state index contributed by atoms with van der Waals surface area (Å²) in [4.78, 5) is 1.41. The summed E-state index contributed by atoms with van der Waals surface area (Å²) in [5.74, 6) is 0.585. The van der Waals surface area contributed by atoms with E-state index in [1.807, 2.05) is 11.3 Å². The molecule has 0 bridgehead atoms. The van der Waals surface area contributed by atoms with Gasteiger partial charge in [-0.15, -0.1) is 11.3 Å². The van der Waals surface area contributed by atoms with Crippen molar-refractivity contribution in [2.45, 2.75) is 33.0 Å². The molecule has 0 saturated heterocycles. The van der Waals surface area contributed by atoms with Crippen LogP contribution in [0.5, 0.6) is 0 Å². The summed E-state index contributed by atoms with van der Waals surface area (Å²) in [6.45, 7) is 6.10. The highest BCUT2D eigenvalue weighted by Crippen LogP contribution is 2.26. The molecule has 3 heteroatoms. The van der Waals surface area contributed by atoms with Gasteiger partial charge in [-0.2, -0.15) is 0 Å². The molecule has 108 valence electrons. The Balaban J connectivity index is 1.95. The van der Waals surface area contributed by atoms with Gasteiger partial charge in [-0.05, 0) is 28.5 Å². The zero-order chi connectivity index (χ0) is 14.4. The van der Waals surface area contributed by atoms with E-state index >= 15 is 0 Å². The third kappa shape index (κ3) is 4.17. The molecule has 0 amide bonds. The summed E-state index contributed by atoms with van der Waals surface area (Å²) in [6.07, 6.45) is 0. The number of hydrogen-bond donors (Lipinski definition) is 1. The minimum absolute atomic E-state index is 0.425. The van der Waals surface area contributed by atoms with Crippen molar-refractivity contribution >= 4 is 11.3 Å². The predicted molar refractivity (Wildman–Crippen MR) is 85.9 cm³/mol. The van der Waals surface area contributed by atoms with E-state index in [9.17, 15) is 0 Å². The van der Waals surface area contributed by atoms with Gasteiger partial charge in [-0.3, -0.25) is 0 Å². The fourth-order valence-electron chi connectivity index (χ4n) is 2.28. The van der Waals surface area contributed by atoms with Gasteiger partial charge < -0.3 is 10.1 Å². The molecule has 2 nitrogen and oxygen atoms in total. The Morgan fingerprint density at radius 1 is 1.10 bits per heavy atom. The predicted octanol–water partition coefficient (Wildman–Crippen LogP) is 4.38. The van der Waals surface area contributed by atoms with Crippen molar-refractivity contribution in [1.29, 1.82) is 0 Å². The third-order valence-electron chi connectivity index (χ3n) is 3.38. The molecule has 2 rings (SSSR count). The van der Waals surface area contributed by atoms with Crippen LogP contribution >= 0.6 is 11.3 Å². The lowest BCUT2D eigenvalue weighted by molar-refractivity contribution is 0.185. The highest BCUT2D eigenvalue weighted by Gasteiger charge is 2.15. The quantitative estimate of drug-likeness (QED) is 0.816. The van der Waals surface area contributed by atoms with E-state index in [-0.39, 0.29) is 0 Å². The first-order valence-corrected chi connectivity index (χ1v) is 7.92. The first-order valence-electron chi connectivity index (χ1n) is 7.04. The van der Waals surface area contributed by atoms with E-state index in [4.69, 9.17) is 4.74 Å². The van der Waals surface area contributed by atoms with Gasteiger partial charge in [0.15, 0.2) is 0 Å². The van der Waals surface area contributed by atoms with Crippen LogP contribution in [0.4, 0.5) is 0 Å². The van der Waals surface area contributed by atoms with Crippen LogP contribution in [0.3, 0.4) is 0 Å². The normalized spacial score (nSPS) is 12.8. The smallest absolute Gasteiger partial charge is 0.0713 e. The maximum atomic E-state index is 5.13. The number of rotatable bonds is 7. The van der Waals surface area contributed by atoms with E-state index in [2.05, 4.69) is 60.9 Å². The molecule has 0 fully saturated rings. The maximum Gasteiger partial charge on any atom is 0.0713 e. The van der Waals surface area contributed by atoms with E-state index in [1.54, 1.807) is 7.11 Å². The van der Waals surface area contributed by atoms with Crippen LogP contribution in [-0.4, -0.2) is 7.11 Å². The van der Waals surface area contributed by atoms with E-state index in [0.29, 0.717) is 18.6 Å². The van der Waals surface area contributed by atoms with Gasteiger partial charge in [-0.25, -0.2) is 0 Å². The topological polar surface area (TPSA) is 21.3 Å². The molecule has 0 aliphatic heterocycles. The minimum Gasteiger partial charge on any atom is -0.380 e. The summed E-state index contributed by atoms with van der Waals surface area (Å²) >= 11 is 1.82. The first kappa shape index (κ1) is 15.2. The molecule has 1 N–H and O–H groups in total. The molecule has 0 radical (unpaired) electrons. The highest BCUT2D eigenvalue weighted by molar-refractivity contribution is 7.10. The molecule has 0 saturated carbocycles. The SMILES string of the molecule is COCc1ccc(CNC(c2cccs2)C(C)C)cc1. The van der Waals surface area contributed by atoms with Crippen LogP contribution in [0.15, 0.2) is 41.8 Å². The molecular weight excluding hydrogens is 266 g/mol. The summed E-state index contributed by atoms with van der Waals surface area (Å²) < 4.78 is 5.13. The second-order valence-electron chi connectivity index (χ2n) is 5.37. The van der Waals surface area contributed by atoms with E-state index < -0.39 is 0 Å². The van der Waals surface area contributed by atoms with Gasteiger partial charge in [0.05, 0.1) is 6.61 Å². The van der Waals surface area contributed by atoms with E-state index in [0.717, 1.165) is 6.54 Å². The Morgan fingerprint density at radius 2 is 1.80 bits per heavy atom. The second-order valence-corrected chi connectivity index (χ2v) is 6.35. The second kappa shape index (κ2) is 7.58. The fraction of sp³-hybridized carbons (Fsp3) is 0.412. The molecule has 0 spiro atoms. The lowest BCUT2D eigenvalue weighted by Crippen LogP contribution is -2.24. The number of ether oxygens (including phenoxy) is 1. The number of methoxy groups -OCH3 is 1. The highest BCUT2D eigenvalue weighted by atomic mass is 32.1. The monoisotopic (exact) mass is 289 g/mol. The standard InChI is InChI=1S/C17H23NOS/c1-13(2)17(16-5-4-10-20-16)18-11-14-6-8-15(9-7-14)12-19-3/h4-10,13,17-18H,11-12H2,1-3H3. The van der Waals surface area contributed by atoms with Gasteiger partial charge in [0.25, 0.3) is 0 Å². The molecule has 1 aromatic heterocycles. The summed E-state index contributed by atoms with van der Waals surface area (Å²) in [5.41, 5.74) is 2.53. The Labute approximate surface area is 125 Å². The number of benzene rings is 1. The van der Waals surface area contributed by atoms with Gasteiger partial charge >= 0.3 is 0 Å². The van der Waals surface area contributed by atoms with Crippen LogP contribution in [0.1, 0.15) is 35.9 Å². The van der Waals surface area contributed by atoms with Crippen molar-refractivity contribution in [2.24, 2.45) is 5.92 Å². The van der Waals surface area contributed by atoms with Crippen molar-refractivity contribution in [3.8, 4) is 0 Å². The molecule has 2 aromatic rings. The Bertz CT molecular complexity index is 490. The molecule has 1 heterocycles. The molecule has 1 aromatic carbocycles. The van der Waals surface area contributed by atoms with Crippen molar-refractivity contribution < 1.29 is 4.74 Å². The van der Waals surface area contributed by atoms with Crippen LogP contribution < -0.4 is 5.32 Å².